The average Bonchev–Trinajstić information content (AvgIpc) is 2.22. The third kappa shape index (κ3) is 2.38. The van der Waals surface area contributed by atoms with E-state index in [4.69, 9.17) is 5.11 Å². The van der Waals surface area contributed by atoms with Gasteiger partial charge in [-0.15, -0.1) is 9.78 Å². The van der Waals surface area contributed by atoms with Gasteiger partial charge in [0.05, 0.1) is 0 Å². The summed E-state index contributed by atoms with van der Waals surface area (Å²) in [4.78, 5) is 7.83. The Kier molecular flexibility index (Phi) is 3.26. The third-order valence-corrected chi connectivity index (χ3v) is 1.000. The zero-order valence-electron chi connectivity index (χ0n) is 3.17. The molecule has 1 aliphatic heterocycles. The van der Waals surface area contributed by atoms with Crippen molar-refractivity contribution in [1.29, 1.82) is 0 Å². The maximum atomic E-state index is 8.31. The Morgan fingerprint density at radius 3 is 2.00 bits per heavy atom. The summed E-state index contributed by atoms with van der Waals surface area (Å²) in [5.74, 6) is 0. The van der Waals surface area contributed by atoms with Gasteiger partial charge in [-0.2, -0.15) is 0 Å². The Hall–Kier alpha value is 1.32. The van der Waals surface area contributed by atoms with Crippen molar-refractivity contribution in [3.05, 3.63) is 0 Å². The van der Waals surface area contributed by atoms with E-state index in [1.54, 1.807) is 0 Å². The van der Waals surface area contributed by atoms with Gasteiger partial charge in [-0.3, -0.25) is 0 Å². The van der Waals surface area contributed by atoms with Crippen LogP contribution in [0.1, 0.15) is 0 Å². The second kappa shape index (κ2) is 2.74. The van der Waals surface area contributed by atoms with E-state index < -0.39 is 6.16 Å². The zero-order chi connectivity index (χ0) is 4.62. The molecule has 0 radical (unpaired) electrons. The van der Waals surface area contributed by atoms with Gasteiger partial charge in [0.25, 0.3) is 0 Å². The van der Waals surface area contributed by atoms with Gasteiger partial charge in [-0.05, 0) is 0 Å². The summed E-state index contributed by atoms with van der Waals surface area (Å²) < 4.78 is 4.30. The molecule has 1 fully saturated rings. The van der Waals surface area contributed by atoms with Crippen molar-refractivity contribution in [3.8, 4) is 0 Å². The van der Waals surface area contributed by atoms with Gasteiger partial charge in [0.2, 0.25) is 0 Å². The fourth-order valence-corrected chi connectivity index (χ4v) is 0.240. The Morgan fingerprint density at radius 2 is 2.00 bits per heavy atom. The van der Waals surface area contributed by atoms with Gasteiger partial charge in [0, 0.05) is 0 Å². The summed E-state index contributed by atoms with van der Waals surface area (Å²) in [6.45, 7) is 0. The molecule has 0 spiro atoms. The molecule has 0 unspecified atom stereocenters. The van der Waals surface area contributed by atoms with Gasteiger partial charge in [0.1, 0.15) is 0 Å². The summed E-state index contributed by atoms with van der Waals surface area (Å²) in [7, 11) is 0.410. The van der Waals surface area contributed by atoms with Crippen LogP contribution in [0.4, 0.5) is 0 Å². The number of hydrogen-bond donors (Lipinski definition) is 1. The van der Waals surface area contributed by atoms with Crippen LogP contribution in [-0.4, -0.2) is 59.5 Å². The summed E-state index contributed by atoms with van der Waals surface area (Å²) in [6, 6.07) is 0. The maximum absolute atomic E-state index is 8.31. The van der Waals surface area contributed by atoms with Crippen molar-refractivity contribution >= 4 is 48.2 Å². The SMILES string of the molecule is OC1(O[SiH3])OO1.[CaH2]. The molecule has 1 aliphatic rings. The Morgan fingerprint density at radius 1 is 1.57 bits per heavy atom. The zero-order valence-corrected chi connectivity index (χ0v) is 5.17. The molecule has 0 aromatic carbocycles. The summed E-state index contributed by atoms with van der Waals surface area (Å²) in [5, 5.41) is 8.31. The molecule has 7 heavy (non-hydrogen) atoms. The molecule has 0 aromatic rings. The first-order chi connectivity index (χ1) is 2.77. The van der Waals surface area contributed by atoms with Crippen LogP contribution in [0.3, 0.4) is 0 Å². The first-order valence-corrected chi connectivity index (χ1v) is 2.23. The first kappa shape index (κ1) is 8.32. The van der Waals surface area contributed by atoms with Crippen LogP contribution >= 0.6 is 0 Å². The van der Waals surface area contributed by atoms with Gasteiger partial charge >= 0.3 is 43.9 Å². The quantitative estimate of drug-likeness (QED) is 0.186. The van der Waals surface area contributed by atoms with Gasteiger partial charge in [0.15, 0.2) is 10.5 Å². The molecule has 1 N–H and O–H groups in total. The Balaban J connectivity index is 0.000000360. The van der Waals surface area contributed by atoms with Crippen LogP contribution in [0.15, 0.2) is 0 Å². The van der Waals surface area contributed by atoms with Crippen molar-refractivity contribution in [2.45, 2.75) is 6.16 Å². The second-order valence-corrected chi connectivity index (χ2v) is 1.30. The van der Waals surface area contributed by atoms with Crippen LogP contribution in [-0.2, 0) is 14.2 Å². The van der Waals surface area contributed by atoms with E-state index in [0.717, 1.165) is 0 Å². The number of hydrogen-bond acceptors (Lipinski definition) is 4. The van der Waals surface area contributed by atoms with Gasteiger partial charge < -0.3 is 9.53 Å². The molecule has 0 bridgehead atoms. The molecule has 40 valence electrons. The van der Waals surface area contributed by atoms with E-state index in [0.29, 0.717) is 10.5 Å². The van der Waals surface area contributed by atoms with E-state index >= 15 is 0 Å². The molecular formula is CH6CaO4Si. The molecule has 0 amide bonds. The van der Waals surface area contributed by atoms with Crippen molar-refractivity contribution in [2.24, 2.45) is 0 Å². The van der Waals surface area contributed by atoms with Gasteiger partial charge in [-0.25, -0.2) is 0 Å². The fourth-order valence-electron chi connectivity index (χ4n) is 0.104. The molecule has 1 rings (SSSR count). The average molecular weight is 150 g/mol. The molecule has 6 heteroatoms. The van der Waals surface area contributed by atoms with Crippen molar-refractivity contribution in [1.82, 2.24) is 0 Å². The molecule has 1 saturated heterocycles. The second-order valence-electron chi connectivity index (χ2n) is 0.895. The molecule has 4 nitrogen and oxygen atoms in total. The molecular weight excluding hydrogens is 144 g/mol. The third-order valence-electron chi connectivity index (χ3n) is 0.484. The van der Waals surface area contributed by atoms with Crippen molar-refractivity contribution < 1.29 is 19.3 Å². The minimum atomic E-state index is -1.65. The normalized spacial score (nSPS) is 23.6. The number of aliphatic hydroxyl groups is 1. The Labute approximate surface area is 73.2 Å². The van der Waals surface area contributed by atoms with Crippen molar-refractivity contribution in [2.75, 3.05) is 0 Å². The Bertz CT molecular complexity index is 62.7. The van der Waals surface area contributed by atoms with E-state index in [9.17, 15) is 0 Å². The monoisotopic (exact) mass is 150 g/mol. The number of rotatable bonds is 1. The molecule has 0 atom stereocenters. The predicted octanol–water partition coefficient (Wildman–Crippen LogP) is -3.07. The standard InChI is InChI=1S/CH4O4Si.Ca.2H/c2-1(5-6)3-4-1;;;/h2H,6H3;;;. The summed E-state index contributed by atoms with van der Waals surface area (Å²) in [6.07, 6.45) is -1.65. The van der Waals surface area contributed by atoms with Crippen LogP contribution in [0.2, 0.25) is 0 Å². The van der Waals surface area contributed by atoms with Crippen molar-refractivity contribution in [3.63, 3.8) is 0 Å². The minimum absolute atomic E-state index is 0. The van der Waals surface area contributed by atoms with E-state index in [-0.39, 0.29) is 37.7 Å². The molecule has 0 aromatic heterocycles. The molecule has 0 aliphatic carbocycles. The topological polar surface area (TPSA) is 54.5 Å². The van der Waals surface area contributed by atoms with E-state index in [1.165, 1.54) is 0 Å². The van der Waals surface area contributed by atoms with Crippen LogP contribution in [0.5, 0.6) is 0 Å². The van der Waals surface area contributed by atoms with Crippen LogP contribution in [0.25, 0.3) is 0 Å². The first-order valence-electron chi connectivity index (χ1n) is 1.41. The van der Waals surface area contributed by atoms with Crippen LogP contribution < -0.4 is 0 Å². The van der Waals surface area contributed by atoms with E-state index in [2.05, 4.69) is 14.2 Å². The van der Waals surface area contributed by atoms with E-state index in [1.807, 2.05) is 0 Å². The summed E-state index contributed by atoms with van der Waals surface area (Å²) >= 11 is 0. The van der Waals surface area contributed by atoms with Gasteiger partial charge in [-0.1, -0.05) is 0 Å². The predicted molar refractivity (Wildman–Crippen MR) is 26.7 cm³/mol. The molecule has 0 saturated carbocycles. The fraction of sp³-hybridized carbons (Fsp3) is 1.00. The molecule has 1 heterocycles. The summed E-state index contributed by atoms with van der Waals surface area (Å²) in [5.41, 5.74) is 0. The van der Waals surface area contributed by atoms with Crippen LogP contribution in [0, 0.1) is 0 Å².